The van der Waals surface area contributed by atoms with Crippen LogP contribution in [0.4, 0.5) is 0 Å². The predicted molar refractivity (Wildman–Crippen MR) is 109 cm³/mol. The van der Waals surface area contributed by atoms with Crippen LogP contribution in [0.1, 0.15) is 48.1 Å². The summed E-state index contributed by atoms with van der Waals surface area (Å²) in [6.07, 6.45) is 8.58. The second-order valence-electron chi connectivity index (χ2n) is 6.40. The normalized spacial score (nSPS) is 18.8. The van der Waals surface area contributed by atoms with Crippen molar-refractivity contribution in [1.82, 2.24) is 19.9 Å². The lowest BCUT2D eigenvalue weighted by Gasteiger charge is -2.19. The number of nitriles is 2. The first-order valence-corrected chi connectivity index (χ1v) is 10.4. The summed E-state index contributed by atoms with van der Waals surface area (Å²) in [5, 5.41) is 18.9. The summed E-state index contributed by atoms with van der Waals surface area (Å²) in [4.78, 5) is 16.2. The van der Waals surface area contributed by atoms with E-state index in [1.807, 2.05) is 6.92 Å². The molecule has 152 valence electrons. The zero-order valence-corrected chi connectivity index (χ0v) is 18.1. The van der Waals surface area contributed by atoms with Crippen molar-refractivity contribution in [2.24, 2.45) is 0 Å². The van der Waals surface area contributed by atoms with Crippen LogP contribution in [0.3, 0.4) is 0 Å². The van der Waals surface area contributed by atoms with Crippen molar-refractivity contribution in [3.63, 3.8) is 0 Å². The summed E-state index contributed by atoms with van der Waals surface area (Å²) in [6.45, 7) is 4.81. The molecular formula is C20H23BrN6O2. The molecule has 8 nitrogen and oxygen atoms in total. The Morgan fingerprint density at radius 2 is 1.76 bits per heavy atom. The molecule has 0 spiro atoms. The molecule has 1 fully saturated rings. The summed E-state index contributed by atoms with van der Waals surface area (Å²) < 4.78 is 10.9. The van der Waals surface area contributed by atoms with Crippen molar-refractivity contribution in [2.75, 3.05) is 18.5 Å². The van der Waals surface area contributed by atoms with Crippen molar-refractivity contribution in [1.29, 1.82) is 10.5 Å². The molecular weight excluding hydrogens is 436 g/mol. The van der Waals surface area contributed by atoms with Gasteiger partial charge in [-0.15, -0.1) is 0 Å². The van der Waals surface area contributed by atoms with E-state index in [1.165, 1.54) is 0 Å². The van der Waals surface area contributed by atoms with Crippen molar-refractivity contribution < 1.29 is 9.47 Å². The van der Waals surface area contributed by atoms with Crippen LogP contribution in [0.2, 0.25) is 0 Å². The SMILES string of the molecule is Cc1ncc(C(C#N)OCCCBr)cn1.Cc1ncc(C2(C#N)CCCO2)cn1. The number of hydrogen-bond acceptors (Lipinski definition) is 8. The Hall–Kier alpha value is -2.46. The van der Waals surface area contributed by atoms with E-state index in [9.17, 15) is 0 Å². The van der Waals surface area contributed by atoms with Gasteiger partial charge >= 0.3 is 0 Å². The highest BCUT2D eigenvalue weighted by Crippen LogP contribution is 2.34. The van der Waals surface area contributed by atoms with Gasteiger partial charge in [-0.3, -0.25) is 0 Å². The fourth-order valence-electron chi connectivity index (χ4n) is 2.62. The standard InChI is InChI=1S/C10H12BrN3O.C10H11N3O/c1-8-13-6-9(7-14-8)10(5-12)15-4-2-3-11;1-8-12-5-9(6-13-8)10(7-11)3-2-4-14-10/h6-7,10H,2-4H2,1H3;5-6H,2-4H2,1H3. The van der Waals surface area contributed by atoms with Gasteiger partial charge in [0.25, 0.3) is 0 Å². The lowest BCUT2D eigenvalue weighted by molar-refractivity contribution is 0.0489. The van der Waals surface area contributed by atoms with E-state index >= 15 is 0 Å². The van der Waals surface area contributed by atoms with Gasteiger partial charge in [0.15, 0.2) is 11.7 Å². The first-order chi connectivity index (χ1) is 14.0. The molecule has 2 unspecified atom stereocenters. The van der Waals surface area contributed by atoms with Crippen LogP contribution < -0.4 is 0 Å². The minimum Gasteiger partial charge on any atom is -0.358 e. The maximum atomic E-state index is 9.11. The molecule has 0 aromatic carbocycles. The largest absolute Gasteiger partial charge is 0.358 e. The number of rotatable bonds is 6. The molecule has 0 saturated carbocycles. The molecule has 1 saturated heterocycles. The minimum absolute atomic E-state index is 0.553. The molecule has 1 aliphatic rings. The number of hydrogen-bond donors (Lipinski definition) is 0. The third kappa shape index (κ3) is 6.53. The van der Waals surface area contributed by atoms with Crippen molar-refractivity contribution >= 4 is 15.9 Å². The Morgan fingerprint density at radius 3 is 2.24 bits per heavy atom. The van der Waals surface area contributed by atoms with E-state index in [-0.39, 0.29) is 0 Å². The summed E-state index contributed by atoms with van der Waals surface area (Å²) in [5.74, 6) is 1.40. The lowest BCUT2D eigenvalue weighted by Crippen LogP contribution is -2.22. The lowest BCUT2D eigenvalue weighted by atomic mass is 9.95. The Kier molecular flexibility index (Phi) is 9.07. The third-order valence-electron chi connectivity index (χ3n) is 4.23. The molecule has 9 heteroatoms. The molecule has 2 aromatic rings. The van der Waals surface area contributed by atoms with E-state index in [2.05, 4.69) is 48.0 Å². The van der Waals surface area contributed by atoms with E-state index in [0.717, 1.165) is 30.2 Å². The van der Waals surface area contributed by atoms with Crippen LogP contribution in [-0.4, -0.2) is 38.5 Å². The van der Waals surface area contributed by atoms with Crippen LogP contribution in [0.25, 0.3) is 0 Å². The molecule has 2 aromatic heterocycles. The van der Waals surface area contributed by atoms with Gasteiger partial charge in [0.2, 0.25) is 0 Å². The molecule has 0 aliphatic carbocycles. The zero-order valence-electron chi connectivity index (χ0n) is 16.5. The van der Waals surface area contributed by atoms with Crippen molar-refractivity contribution in [3.8, 4) is 12.1 Å². The van der Waals surface area contributed by atoms with Crippen LogP contribution >= 0.6 is 15.9 Å². The first-order valence-electron chi connectivity index (χ1n) is 9.24. The number of nitrogens with zero attached hydrogens (tertiary/aromatic N) is 6. The Balaban J connectivity index is 0.000000207. The molecule has 0 amide bonds. The number of halogens is 1. The van der Waals surface area contributed by atoms with Gasteiger partial charge in [0, 0.05) is 54.5 Å². The summed E-state index contributed by atoms with van der Waals surface area (Å²) in [6, 6.07) is 4.29. The molecule has 3 rings (SSSR count). The van der Waals surface area contributed by atoms with E-state index in [1.54, 1.807) is 31.7 Å². The van der Waals surface area contributed by atoms with Gasteiger partial charge in [0.05, 0.1) is 6.07 Å². The highest BCUT2D eigenvalue weighted by atomic mass is 79.9. The summed E-state index contributed by atoms with van der Waals surface area (Å²) in [5.41, 5.74) is 0.675. The van der Waals surface area contributed by atoms with Gasteiger partial charge in [-0.05, 0) is 33.1 Å². The smallest absolute Gasteiger partial charge is 0.182 e. The molecule has 1 aliphatic heterocycles. The van der Waals surface area contributed by atoms with Gasteiger partial charge in [-0.1, -0.05) is 15.9 Å². The molecule has 0 radical (unpaired) electrons. The van der Waals surface area contributed by atoms with Crippen molar-refractivity contribution in [2.45, 2.75) is 44.8 Å². The molecule has 2 atom stereocenters. The third-order valence-corrected chi connectivity index (χ3v) is 4.79. The van der Waals surface area contributed by atoms with Crippen LogP contribution in [0.5, 0.6) is 0 Å². The first kappa shape index (κ1) is 22.8. The number of ether oxygens (including phenoxy) is 2. The molecule has 3 heterocycles. The van der Waals surface area contributed by atoms with Crippen LogP contribution in [0, 0.1) is 36.5 Å². The van der Waals surface area contributed by atoms with Gasteiger partial charge < -0.3 is 9.47 Å². The van der Waals surface area contributed by atoms with Gasteiger partial charge in [-0.2, -0.15) is 10.5 Å². The zero-order chi connectivity index (χ0) is 21.1. The highest BCUT2D eigenvalue weighted by Gasteiger charge is 2.37. The molecule has 0 N–H and O–H groups in total. The fourth-order valence-corrected chi connectivity index (χ4v) is 2.85. The maximum Gasteiger partial charge on any atom is 0.182 e. The van der Waals surface area contributed by atoms with Crippen molar-refractivity contribution in [3.05, 3.63) is 47.6 Å². The quantitative estimate of drug-likeness (QED) is 0.476. The fraction of sp³-hybridized carbons (Fsp3) is 0.500. The van der Waals surface area contributed by atoms with Gasteiger partial charge in [0.1, 0.15) is 17.7 Å². The average molecular weight is 459 g/mol. The van der Waals surface area contributed by atoms with E-state index in [0.29, 0.717) is 30.4 Å². The Bertz CT molecular complexity index is 839. The number of alkyl halides is 1. The summed E-state index contributed by atoms with van der Waals surface area (Å²) in [7, 11) is 0. The number of aromatic nitrogens is 4. The van der Waals surface area contributed by atoms with Crippen LogP contribution in [-0.2, 0) is 15.1 Å². The van der Waals surface area contributed by atoms with Gasteiger partial charge in [-0.25, -0.2) is 19.9 Å². The second kappa shape index (κ2) is 11.5. The molecule has 0 bridgehead atoms. The number of aryl methyl sites for hydroxylation is 2. The summed E-state index contributed by atoms with van der Waals surface area (Å²) >= 11 is 3.30. The molecule has 29 heavy (non-hydrogen) atoms. The minimum atomic E-state index is -0.798. The maximum absolute atomic E-state index is 9.11. The topological polar surface area (TPSA) is 118 Å². The van der Waals surface area contributed by atoms with Crippen LogP contribution in [0.15, 0.2) is 24.8 Å². The second-order valence-corrected chi connectivity index (χ2v) is 7.19. The predicted octanol–water partition coefficient (Wildman–Crippen LogP) is 3.47. The average Bonchev–Trinajstić information content (AvgIpc) is 3.24. The Morgan fingerprint density at radius 1 is 1.14 bits per heavy atom. The highest BCUT2D eigenvalue weighted by molar-refractivity contribution is 9.09. The van der Waals surface area contributed by atoms with E-state index < -0.39 is 11.7 Å². The monoisotopic (exact) mass is 458 g/mol. The van der Waals surface area contributed by atoms with E-state index in [4.69, 9.17) is 20.0 Å². The Labute approximate surface area is 179 Å².